The van der Waals surface area contributed by atoms with Gasteiger partial charge in [-0.25, -0.2) is 0 Å². The lowest BCUT2D eigenvalue weighted by Gasteiger charge is -2.73. The first-order chi connectivity index (χ1) is 15.1. The number of ketones is 1. The molecule has 0 heterocycles. The van der Waals surface area contributed by atoms with Crippen molar-refractivity contribution in [1.29, 1.82) is 0 Å². The number of rotatable bonds is 1. The van der Waals surface area contributed by atoms with Gasteiger partial charge in [-0.1, -0.05) is 60.1 Å². The molecule has 33 heavy (non-hydrogen) atoms. The van der Waals surface area contributed by atoms with Gasteiger partial charge in [0.2, 0.25) is 0 Å². The normalized spacial score (nSPS) is 52.5. The Morgan fingerprint density at radius 2 is 1.45 bits per heavy atom. The summed E-state index contributed by atoms with van der Waals surface area (Å²) in [5, 5.41) is 0. The van der Waals surface area contributed by atoms with Crippen LogP contribution in [0.5, 0.6) is 0 Å². The molecule has 0 aromatic rings. The van der Waals surface area contributed by atoms with Crippen LogP contribution in [0, 0.1) is 56.2 Å². The van der Waals surface area contributed by atoms with Crippen molar-refractivity contribution in [3.05, 3.63) is 11.6 Å². The van der Waals surface area contributed by atoms with Crippen LogP contribution < -0.4 is 0 Å². The molecular weight excluding hydrogens is 400 g/mol. The van der Waals surface area contributed by atoms with E-state index in [1.54, 1.807) is 5.57 Å². The molecule has 0 radical (unpaired) electrons. The molecule has 0 aromatic carbocycles. The average Bonchev–Trinajstić information content (AvgIpc) is 2.71. The lowest BCUT2D eigenvalue weighted by molar-refractivity contribution is -0.235. The minimum atomic E-state index is -0.0172. The highest BCUT2D eigenvalue weighted by atomic mass is 16.1. The highest BCUT2D eigenvalue weighted by Crippen LogP contribution is 2.76. The third kappa shape index (κ3) is 2.92. The summed E-state index contributed by atoms with van der Waals surface area (Å²) in [7, 11) is 0. The second kappa shape index (κ2) is 7.00. The van der Waals surface area contributed by atoms with E-state index in [0.29, 0.717) is 38.8 Å². The van der Waals surface area contributed by atoms with Crippen LogP contribution in [0.25, 0.3) is 0 Å². The van der Waals surface area contributed by atoms with E-state index >= 15 is 0 Å². The first kappa shape index (κ1) is 24.1. The highest BCUT2D eigenvalue weighted by Gasteiger charge is 2.69. The SMILES string of the molecule is CC(=O)[C@]12CCC(C)(C)C[C@@H]1[C@H]1CC[C@@H]3[C@@]4(C)CC=C(C)C(C)(C)C4CC[C@@]3(C)[C@]1(C)CC2. The predicted molar refractivity (Wildman–Crippen MR) is 139 cm³/mol. The Balaban J connectivity index is 1.56. The van der Waals surface area contributed by atoms with E-state index in [1.807, 2.05) is 6.92 Å². The summed E-state index contributed by atoms with van der Waals surface area (Å²) in [6.45, 7) is 22.4. The summed E-state index contributed by atoms with van der Waals surface area (Å²) in [5.74, 6) is 3.47. The third-order valence-electron chi connectivity index (χ3n) is 13.9. The van der Waals surface area contributed by atoms with Crippen molar-refractivity contribution in [3.8, 4) is 0 Å². The van der Waals surface area contributed by atoms with Crippen molar-refractivity contribution >= 4 is 5.78 Å². The minimum Gasteiger partial charge on any atom is -0.299 e. The topological polar surface area (TPSA) is 17.1 Å². The van der Waals surface area contributed by atoms with Crippen LogP contribution in [0.2, 0.25) is 0 Å². The van der Waals surface area contributed by atoms with E-state index in [9.17, 15) is 4.79 Å². The molecule has 0 amide bonds. The molecule has 4 fully saturated rings. The Labute approximate surface area is 204 Å². The van der Waals surface area contributed by atoms with Gasteiger partial charge in [-0.15, -0.1) is 0 Å². The summed E-state index contributed by atoms with van der Waals surface area (Å²) < 4.78 is 0. The Bertz CT molecular complexity index is 877. The average molecular weight is 453 g/mol. The zero-order valence-electron chi connectivity index (χ0n) is 23.4. The third-order valence-corrected chi connectivity index (χ3v) is 13.9. The summed E-state index contributed by atoms with van der Waals surface area (Å²) in [6.07, 6.45) is 15.5. The maximum atomic E-state index is 13.2. The van der Waals surface area contributed by atoms with Gasteiger partial charge < -0.3 is 0 Å². The maximum absolute atomic E-state index is 13.2. The second-order valence-corrected chi connectivity index (χ2v) is 15.7. The summed E-state index contributed by atoms with van der Waals surface area (Å²) in [5.41, 5.74) is 3.53. The van der Waals surface area contributed by atoms with Crippen LogP contribution in [-0.4, -0.2) is 5.78 Å². The highest BCUT2D eigenvalue weighted by molar-refractivity contribution is 5.83. The van der Waals surface area contributed by atoms with Gasteiger partial charge in [-0.2, -0.15) is 0 Å². The van der Waals surface area contributed by atoms with Crippen LogP contribution in [0.4, 0.5) is 0 Å². The van der Waals surface area contributed by atoms with E-state index < -0.39 is 0 Å². The number of carbonyl (C=O) groups is 1. The fourth-order valence-corrected chi connectivity index (χ4v) is 11.4. The fraction of sp³-hybridized carbons (Fsp3) is 0.906. The lowest BCUT2D eigenvalue weighted by Crippen LogP contribution is -2.66. The van der Waals surface area contributed by atoms with Gasteiger partial charge in [0.1, 0.15) is 5.78 Å². The predicted octanol–water partition coefficient (Wildman–Crippen LogP) is 9.01. The molecule has 186 valence electrons. The Hall–Kier alpha value is -0.590. The Kier molecular flexibility index (Phi) is 5.12. The second-order valence-electron chi connectivity index (χ2n) is 15.7. The van der Waals surface area contributed by atoms with Gasteiger partial charge >= 0.3 is 0 Å². The van der Waals surface area contributed by atoms with Crippen LogP contribution in [0.1, 0.15) is 127 Å². The van der Waals surface area contributed by atoms with Crippen molar-refractivity contribution in [2.24, 2.45) is 56.2 Å². The molecule has 0 aliphatic heterocycles. The van der Waals surface area contributed by atoms with Crippen LogP contribution in [-0.2, 0) is 4.79 Å². The van der Waals surface area contributed by atoms with E-state index in [-0.39, 0.29) is 5.41 Å². The van der Waals surface area contributed by atoms with Crippen LogP contribution >= 0.6 is 0 Å². The first-order valence-corrected chi connectivity index (χ1v) is 14.3. The van der Waals surface area contributed by atoms with E-state index in [4.69, 9.17) is 0 Å². The molecule has 0 spiro atoms. The summed E-state index contributed by atoms with van der Waals surface area (Å²) in [6, 6.07) is 0. The van der Waals surface area contributed by atoms with Crippen molar-refractivity contribution in [2.75, 3.05) is 0 Å². The zero-order valence-corrected chi connectivity index (χ0v) is 23.4. The molecule has 1 unspecified atom stereocenters. The lowest BCUT2D eigenvalue weighted by atomic mass is 9.31. The molecule has 5 aliphatic rings. The number of Topliss-reactive ketones (excluding diaryl/α,β-unsaturated/α-hetero) is 1. The van der Waals surface area contributed by atoms with E-state index in [1.165, 1.54) is 51.4 Å². The summed E-state index contributed by atoms with van der Waals surface area (Å²) in [4.78, 5) is 13.2. The van der Waals surface area contributed by atoms with Crippen LogP contribution in [0.15, 0.2) is 11.6 Å². The Morgan fingerprint density at radius 1 is 0.788 bits per heavy atom. The first-order valence-electron chi connectivity index (χ1n) is 14.3. The van der Waals surface area contributed by atoms with Gasteiger partial charge in [0, 0.05) is 5.41 Å². The number of allylic oxidation sites excluding steroid dienone is 2. The standard InChI is InChI=1S/C32H52O/c1-21-12-14-29(7)25(28(21,5)6)13-15-31(9)26(29)11-10-23-24-20-27(3,4)16-18-32(24,22(2)33)19-17-30(23,31)8/h12,23-26H,10-11,13-20H2,1-9H3/t23-,24-,25?,26-,29+,30-,31-,32-/m1/s1. The maximum Gasteiger partial charge on any atom is 0.136 e. The smallest absolute Gasteiger partial charge is 0.136 e. The van der Waals surface area contributed by atoms with Gasteiger partial charge in [0.25, 0.3) is 0 Å². The molecule has 0 N–H and O–H groups in total. The molecule has 1 nitrogen and oxygen atoms in total. The molecule has 1 heteroatoms. The zero-order chi connectivity index (χ0) is 24.2. The Morgan fingerprint density at radius 3 is 2.12 bits per heavy atom. The molecule has 0 aromatic heterocycles. The van der Waals surface area contributed by atoms with Gasteiger partial charge in [0.15, 0.2) is 0 Å². The van der Waals surface area contributed by atoms with E-state index in [2.05, 4.69) is 61.5 Å². The van der Waals surface area contributed by atoms with Crippen molar-refractivity contribution in [3.63, 3.8) is 0 Å². The van der Waals surface area contributed by atoms with Gasteiger partial charge in [-0.3, -0.25) is 4.79 Å². The van der Waals surface area contributed by atoms with Gasteiger partial charge in [0.05, 0.1) is 0 Å². The quantitative estimate of drug-likeness (QED) is 0.363. The number of hydrogen-bond acceptors (Lipinski definition) is 1. The monoisotopic (exact) mass is 452 g/mol. The summed E-state index contributed by atoms with van der Waals surface area (Å²) >= 11 is 0. The number of hydrogen-bond donors (Lipinski definition) is 0. The largest absolute Gasteiger partial charge is 0.299 e. The fourth-order valence-electron chi connectivity index (χ4n) is 11.4. The minimum absolute atomic E-state index is 0.0172. The van der Waals surface area contributed by atoms with Crippen molar-refractivity contribution < 1.29 is 4.79 Å². The molecular formula is C32H52O. The molecule has 0 bridgehead atoms. The van der Waals surface area contributed by atoms with Gasteiger partial charge in [-0.05, 0) is 129 Å². The molecule has 5 rings (SSSR count). The molecule has 4 saturated carbocycles. The molecule has 5 aliphatic carbocycles. The molecule has 8 atom stereocenters. The van der Waals surface area contributed by atoms with E-state index in [0.717, 1.165) is 30.6 Å². The van der Waals surface area contributed by atoms with Crippen LogP contribution in [0.3, 0.4) is 0 Å². The van der Waals surface area contributed by atoms with Crippen molar-refractivity contribution in [1.82, 2.24) is 0 Å². The number of fused-ring (bicyclic) bond motifs is 7. The number of carbonyl (C=O) groups excluding carboxylic acids is 1. The van der Waals surface area contributed by atoms with Crippen molar-refractivity contribution in [2.45, 2.75) is 127 Å². The molecule has 0 saturated heterocycles.